The molecule has 8 heteroatoms. The number of amides is 3. The average Bonchev–Trinajstić information content (AvgIpc) is 3.11. The van der Waals surface area contributed by atoms with Gasteiger partial charge in [0.1, 0.15) is 5.82 Å². The van der Waals surface area contributed by atoms with Crippen LogP contribution in [0.4, 0.5) is 15.8 Å². The number of rotatable bonds is 8. The maximum atomic E-state index is 13.5. The molecule has 2 aromatic carbocycles. The third-order valence-electron chi connectivity index (χ3n) is 6.41. The second-order valence-electron chi connectivity index (χ2n) is 9.49. The molecule has 1 saturated heterocycles. The highest BCUT2D eigenvalue weighted by Gasteiger charge is 2.25. The first-order valence-corrected chi connectivity index (χ1v) is 12.8. The molecule has 0 saturated carbocycles. The van der Waals surface area contributed by atoms with Crippen molar-refractivity contribution in [1.29, 1.82) is 0 Å². The molecule has 0 radical (unpaired) electrons. The van der Waals surface area contributed by atoms with Crippen LogP contribution >= 0.6 is 0 Å². The fraction of sp³-hybridized carbons (Fsp3) is 0.464. The molecule has 0 aliphatic carbocycles. The van der Waals surface area contributed by atoms with E-state index < -0.39 is 5.82 Å². The molecule has 1 heterocycles. The molecular weight excluding hydrogens is 459 g/mol. The van der Waals surface area contributed by atoms with Crippen molar-refractivity contribution in [3.8, 4) is 0 Å². The van der Waals surface area contributed by atoms with E-state index in [4.69, 9.17) is 0 Å². The molecule has 0 unspecified atom stereocenters. The standard InChI is InChI=1S/C28H37FN4O3/c1-5-31(6-2)28(36)24-19-23(30-27(35)21-8-10-22(29)11-9-21)12-13-25(24)32-14-7-15-33(17-16-32)26(34)18-20(3)4/h8-13,19-20H,5-7,14-18H2,1-4H3,(H,30,35). The van der Waals surface area contributed by atoms with E-state index in [-0.39, 0.29) is 17.7 Å². The lowest BCUT2D eigenvalue weighted by Gasteiger charge is -2.28. The van der Waals surface area contributed by atoms with Crippen molar-refractivity contribution >= 4 is 29.1 Å². The van der Waals surface area contributed by atoms with Gasteiger partial charge >= 0.3 is 0 Å². The monoisotopic (exact) mass is 496 g/mol. The summed E-state index contributed by atoms with van der Waals surface area (Å²) in [6, 6.07) is 10.7. The first kappa shape index (κ1) is 27.2. The van der Waals surface area contributed by atoms with Crippen LogP contribution in [0.1, 0.15) is 61.3 Å². The van der Waals surface area contributed by atoms with Crippen LogP contribution in [0.5, 0.6) is 0 Å². The number of nitrogens with zero attached hydrogens (tertiary/aromatic N) is 3. The van der Waals surface area contributed by atoms with Crippen molar-refractivity contribution in [3.63, 3.8) is 0 Å². The Labute approximate surface area is 213 Å². The van der Waals surface area contributed by atoms with Crippen molar-refractivity contribution < 1.29 is 18.8 Å². The Kier molecular flexibility index (Phi) is 9.44. The lowest BCUT2D eigenvalue weighted by Crippen LogP contribution is -2.37. The van der Waals surface area contributed by atoms with Gasteiger partial charge in [-0.2, -0.15) is 0 Å². The molecule has 1 fully saturated rings. The molecule has 0 bridgehead atoms. The molecule has 1 aliphatic heterocycles. The van der Waals surface area contributed by atoms with Crippen LogP contribution in [0.25, 0.3) is 0 Å². The summed E-state index contributed by atoms with van der Waals surface area (Å²) >= 11 is 0. The predicted octanol–water partition coefficient (Wildman–Crippen LogP) is 4.64. The van der Waals surface area contributed by atoms with Gasteiger partial charge < -0.3 is 20.0 Å². The van der Waals surface area contributed by atoms with Gasteiger partial charge in [-0.05, 0) is 68.7 Å². The molecular formula is C28H37FN4O3. The van der Waals surface area contributed by atoms with Gasteiger partial charge in [0, 0.05) is 62.6 Å². The summed E-state index contributed by atoms with van der Waals surface area (Å²) in [5.74, 6) is -0.411. The van der Waals surface area contributed by atoms with Crippen LogP contribution in [0.15, 0.2) is 42.5 Å². The van der Waals surface area contributed by atoms with Crippen LogP contribution in [0.2, 0.25) is 0 Å². The van der Waals surface area contributed by atoms with Crippen molar-refractivity contribution in [2.45, 2.75) is 40.5 Å². The highest BCUT2D eigenvalue weighted by Crippen LogP contribution is 2.28. The minimum Gasteiger partial charge on any atom is -0.369 e. The number of hydrogen-bond donors (Lipinski definition) is 1. The van der Waals surface area contributed by atoms with Crippen molar-refractivity contribution in [2.75, 3.05) is 49.5 Å². The third-order valence-corrected chi connectivity index (χ3v) is 6.41. The van der Waals surface area contributed by atoms with Gasteiger partial charge in [-0.3, -0.25) is 14.4 Å². The zero-order valence-corrected chi connectivity index (χ0v) is 21.7. The van der Waals surface area contributed by atoms with E-state index in [0.29, 0.717) is 61.9 Å². The number of anilines is 2. The largest absolute Gasteiger partial charge is 0.369 e. The Morgan fingerprint density at radius 2 is 1.67 bits per heavy atom. The minimum atomic E-state index is -0.412. The molecule has 2 aromatic rings. The summed E-state index contributed by atoms with van der Waals surface area (Å²) in [4.78, 5) is 44.6. The van der Waals surface area contributed by atoms with Gasteiger partial charge in [-0.25, -0.2) is 4.39 Å². The van der Waals surface area contributed by atoms with Gasteiger partial charge in [0.15, 0.2) is 0 Å². The van der Waals surface area contributed by atoms with E-state index in [1.54, 1.807) is 17.0 Å². The Bertz CT molecular complexity index is 1070. The minimum absolute atomic E-state index is 0.107. The molecule has 3 amide bonds. The first-order valence-electron chi connectivity index (χ1n) is 12.8. The molecule has 194 valence electrons. The lowest BCUT2D eigenvalue weighted by atomic mass is 10.1. The van der Waals surface area contributed by atoms with Crippen molar-refractivity contribution in [1.82, 2.24) is 9.80 Å². The molecule has 3 rings (SSSR count). The first-order chi connectivity index (χ1) is 17.2. The van der Waals surface area contributed by atoms with E-state index in [1.165, 1.54) is 24.3 Å². The molecule has 0 spiro atoms. The Morgan fingerprint density at radius 1 is 0.972 bits per heavy atom. The number of benzene rings is 2. The number of nitrogens with one attached hydrogen (secondary N) is 1. The van der Waals surface area contributed by atoms with Crippen molar-refractivity contribution in [2.24, 2.45) is 5.92 Å². The smallest absolute Gasteiger partial charge is 0.256 e. The fourth-order valence-electron chi connectivity index (χ4n) is 4.43. The van der Waals surface area contributed by atoms with Gasteiger partial charge in [0.25, 0.3) is 11.8 Å². The van der Waals surface area contributed by atoms with Crippen LogP contribution in [-0.2, 0) is 4.79 Å². The van der Waals surface area contributed by atoms with E-state index in [0.717, 1.165) is 18.7 Å². The molecule has 7 nitrogen and oxygen atoms in total. The lowest BCUT2D eigenvalue weighted by molar-refractivity contribution is -0.131. The van der Waals surface area contributed by atoms with E-state index in [9.17, 15) is 18.8 Å². The molecule has 1 aliphatic rings. The van der Waals surface area contributed by atoms with Crippen LogP contribution < -0.4 is 10.2 Å². The zero-order chi connectivity index (χ0) is 26.2. The zero-order valence-electron chi connectivity index (χ0n) is 21.7. The highest BCUT2D eigenvalue weighted by atomic mass is 19.1. The van der Waals surface area contributed by atoms with E-state index in [1.807, 2.05) is 38.7 Å². The average molecular weight is 497 g/mol. The fourth-order valence-corrected chi connectivity index (χ4v) is 4.43. The summed E-state index contributed by atoms with van der Waals surface area (Å²) in [7, 11) is 0. The quantitative estimate of drug-likeness (QED) is 0.578. The summed E-state index contributed by atoms with van der Waals surface area (Å²) in [5, 5.41) is 2.83. The summed E-state index contributed by atoms with van der Waals surface area (Å²) in [5.41, 5.74) is 2.13. The van der Waals surface area contributed by atoms with Gasteiger partial charge in [0.2, 0.25) is 5.91 Å². The van der Waals surface area contributed by atoms with E-state index in [2.05, 4.69) is 10.2 Å². The summed E-state index contributed by atoms with van der Waals surface area (Å²) in [6.07, 6.45) is 1.35. The van der Waals surface area contributed by atoms with Crippen LogP contribution in [-0.4, -0.2) is 66.8 Å². The number of hydrogen-bond acceptors (Lipinski definition) is 4. The van der Waals surface area contributed by atoms with E-state index >= 15 is 0 Å². The summed E-state index contributed by atoms with van der Waals surface area (Å²) in [6.45, 7) is 11.8. The maximum absolute atomic E-state index is 13.5. The normalized spacial score (nSPS) is 13.9. The van der Waals surface area contributed by atoms with Gasteiger partial charge in [0.05, 0.1) is 5.56 Å². The molecule has 0 aromatic heterocycles. The molecule has 36 heavy (non-hydrogen) atoms. The molecule has 1 N–H and O–H groups in total. The number of halogens is 1. The Morgan fingerprint density at radius 3 is 2.31 bits per heavy atom. The predicted molar refractivity (Wildman–Crippen MR) is 141 cm³/mol. The maximum Gasteiger partial charge on any atom is 0.256 e. The summed E-state index contributed by atoms with van der Waals surface area (Å²) < 4.78 is 13.2. The topological polar surface area (TPSA) is 73.0 Å². The Balaban J connectivity index is 1.86. The Hall–Kier alpha value is -3.42. The number of carbonyl (C=O) groups excluding carboxylic acids is 3. The van der Waals surface area contributed by atoms with Gasteiger partial charge in [-0.15, -0.1) is 0 Å². The van der Waals surface area contributed by atoms with Crippen LogP contribution in [0, 0.1) is 11.7 Å². The SMILES string of the molecule is CCN(CC)C(=O)c1cc(NC(=O)c2ccc(F)cc2)ccc1N1CCCN(C(=O)CC(C)C)CC1. The highest BCUT2D eigenvalue weighted by molar-refractivity contribution is 6.06. The number of carbonyl (C=O) groups is 3. The third kappa shape index (κ3) is 6.83. The second kappa shape index (κ2) is 12.5. The van der Waals surface area contributed by atoms with Crippen LogP contribution in [0.3, 0.4) is 0 Å². The van der Waals surface area contributed by atoms with Gasteiger partial charge in [-0.1, -0.05) is 13.8 Å². The molecule has 0 atom stereocenters. The second-order valence-corrected chi connectivity index (χ2v) is 9.49. The van der Waals surface area contributed by atoms with Crippen molar-refractivity contribution in [3.05, 3.63) is 59.4 Å².